The van der Waals surface area contributed by atoms with Gasteiger partial charge in [0.1, 0.15) is 5.69 Å². The minimum Gasteiger partial charge on any atom is -0.341 e. The zero-order valence-electron chi connectivity index (χ0n) is 13.2. The molecule has 0 bridgehead atoms. The van der Waals surface area contributed by atoms with Crippen LogP contribution in [0.25, 0.3) is 0 Å². The number of anilines is 2. The summed E-state index contributed by atoms with van der Waals surface area (Å²) in [4.78, 5) is 22.8. The van der Waals surface area contributed by atoms with Crippen LogP contribution in [-0.2, 0) is 0 Å². The van der Waals surface area contributed by atoms with E-state index in [0.717, 1.165) is 12.1 Å². The zero-order chi connectivity index (χ0) is 17.0. The number of rotatable bonds is 5. The van der Waals surface area contributed by atoms with Crippen molar-refractivity contribution in [1.29, 1.82) is 0 Å². The van der Waals surface area contributed by atoms with Crippen LogP contribution in [0.2, 0.25) is 0 Å². The summed E-state index contributed by atoms with van der Waals surface area (Å²) in [6, 6.07) is 4.71. The monoisotopic (exact) mass is 320 g/mol. The minimum atomic E-state index is -1.02. The molecule has 0 aliphatic carbocycles. The Morgan fingerprint density at radius 1 is 1.13 bits per heavy atom. The molecule has 0 spiro atoms. The molecule has 2 rings (SSSR count). The normalized spacial score (nSPS) is 10.5. The Bertz CT molecular complexity index is 717. The quantitative estimate of drug-likeness (QED) is 0.919. The summed E-state index contributed by atoms with van der Waals surface area (Å²) in [7, 11) is 0. The fraction of sp³-hybridized carbons (Fsp3) is 0.312. The number of nitrogens with one attached hydrogen (secondary N) is 1. The third-order valence-corrected chi connectivity index (χ3v) is 3.30. The molecule has 1 heterocycles. The predicted octanol–water partition coefficient (Wildman–Crippen LogP) is 3.16. The van der Waals surface area contributed by atoms with Crippen LogP contribution in [0.1, 0.15) is 30.0 Å². The van der Waals surface area contributed by atoms with Gasteiger partial charge in [-0.25, -0.2) is 18.7 Å². The number of hydrogen-bond donors (Lipinski definition) is 1. The van der Waals surface area contributed by atoms with Crippen molar-refractivity contribution in [2.24, 2.45) is 0 Å². The fourth-order valence-electron chi connectivity index (χ4n) is 2.09. The van der Waals surface area contributed by atoms with Crippen molar-refractivity contribution in [3.05, 3.63) is 47.3 Å². The number of amides is 1. The summed E-state index contributed by atoms with van der Waals surface area (Å²) in [6.45, 7) is 7.13. The second-order valence-electron chi connectivity index (χ2n) is 4.95. The highest BCUT2D eigenvalue weighted by molar-refractivity contribution is 6.03. The standard InChI is InChI=1S/C16H18F2N4O/c1-4-22(5-2)16-19-10(3)8-14(21-16)15(23)20-11-6-7-12(17)13(18)9-11/h6-9H,4-5H2,1-3H3,(H,20,23). The maximum absolute atomic E-state index is 13.2. The Morgan fingerprint density at radius 2 is 1.83 bits per heavy atom. The van der Waals surface area contributed by atoms with Crippen LogP contribution in [0.15, 0.2) is 24.3 Å². The maximum Gasteiger partial charge on any atom is 0.274 e. The first-order valence-corrected chi connectivity index (χ1v) is 7.31. The van der Waals surface area contributed by atoms with Gasteiger partial charge in [-0.2, -0.15) is 0 Å². The third-order valence-electron chi connectivity index (χ3n) is 3.30. The molecule has 1 amide bonds. The summed E-state index contributed by atoms with van der Waals surface area (Å²) >= 11 is 0. The van der Waals surface area contributed by atoms with Gasteiger partial charge in [0.25, 0.3) is 5.91 Å². The molecule has 2 aromatic rings. The SMILES string of the molecule is CCN(CC)c1nc(C)cc(C(=O)Nc2ccc(F)c(F)c2)n1. The molecule has 5 nitrogen and oxygen atoms in total. The Kier molecular flexibility index (Phi) is 5.20. The van der Waals surface area contributed by atoms with Crippen molar-refractivity contribution in [2.45, 2.75) is 20.8 Å². The van der Waals surface area contributed by atoms with Crippen LogP contribution in [0.3, 0.4) is 0 Å². The molecule has 122 valence electrons. The van der Waals surface area contributed by atoms with E-state index in [2.05, 4.69) is 15.3 Å². The lowest BCUT2D eigenvalue weighted by molar-refractivity contribution is 0.102. The molecule has 23 heavy (non-hydrogen) atoms. The van der Waals surface area contributed by atoms with Gasteiger partial charge >= 0.3 is 0 Å². The number of halogens is 2. The molecule has 0 saturated heterocycles. The largest absolute Gasteiger partial charge is 0.341 e. The van der Waals surface area contributed by atoms with Crippen LogP contribution in [-0.4, -0.2) is 29.0 Å². The molecule has 0 aliphatic rings. The van der Waals surface area contributed by atoms with E-state index in [1.165, 1.54) is 6.07 Å². The number of carbonyl (C=O) groups excluding carboxylic acids is 1. The Morgan fingerprint density at radius 3 is 2.43 bits per heavy atom. The van der Waals surface area contributed by atoms with Gasteiger partial charge in [0.05, 0.1) is 0 Å². The molecule has 0 fully saturated rings. The summed E-state index contributed by atoms with van der Waals surface area (Å²) in [5.74, 6) is -2.03. The van der Waals surface area contributed by atoms with E-state index >= 15 is 0 Å². The highest BCUT2D eigenvalue weighted by Gasteiger charge is 2.14. The molecule has 0 saturated carbocycles. The predicted molar refractivity (Wildman–Crippen MR) is 84.6 cm³/mol. The van der Waals surface area contributed by atoms with Gasteiger partial charge in [0.2, 0.25) is 5.95 Å². The summed E-state index contributed by atoms with van der Waals surface area (Å²) in [5, 5.41) is 2.50. The van der Waals surface area contributed by atoms with Gasteiger partial charge in [-0.15, -0.1) is 0 Å². The second kappa shape index (κ2) is 7.13. The Hall–Kier alpha value is -2.57. The molecule has 7 heteroatoms. The average Bonchev–Trinajstić information content (AvgIpc) is 2.51. The van der Waals surface area contributed by atoms with E-state index in [-0.39, 0.29) is 11.4 Å². The van der Waals surface area contributed by atoms with Gasteiger partial charge in [-0.3, -0.25) is 4.79 Å². The lowest BCUT2D eigenvalue weighted by Crippen LogP contribution is -2.26. The van der Waals surface area contributed by atoms with Gasteiger partial charge in [-0.1, -0.05) is 0 Å². The van der Waals surface area contributed by atoms with E-state index in [9.17, 15) is 13.6 Å². The summed E-state index contributed by atoms with van der Waals surface area (Å²) in [5.41, 5.74) is 0.982. The number of carbonyl (C=O) groups is 1. The van der Waals surface area contributed by atoms with Gasteiger partial charge in [-0.05, 0) is 39.0 Å². The molecule has 1 aromatic heterocycles. The van der Waals surface area contributed by atoms with Crippen molar-refractivity contribution in [2.75, 3.05) is 23.3 Å². The number of aromatic nitrogens is 2. The van der Waals surface area contributed by atoms with Gasteiger partial charge < -0.3 is 10.2 Å². The lowest BCUT2D eigenvalue weighted by atomic mass is 10.2. The first kappa shape index (κ1) is 16.8. The smallest absolute Gasteiger partial charge is 0.274 e. The van der Waals surface area contributed by atoms with Crippen molar-refractivity contribution in [3.8, 4) is 0 Å². The molecular weight excluding hydrogens is 302 g/mol. The van der Waals surface area contributed by atoms with Crippen LogP contribution in [0, 0.1) is 18.6 Å². The average molecular weight is 320 g/mol. The first-order chi connectivity index (χ1) is 10.9. The lowest BCUT2D eigenvalue weighted by Gasteiger charge is -2.19. The molecule has 1 N–H and O–H groups in total. The summed E-state index contributed by atoms with van der Waals surface area (Å²) in [6.07, 6.45) is 0. The number of benzene rings is 1. The van der Waals surface area contributed by atoms with Crippen LogP contribution in [0.4, 0.5) is 20.4 Å². The molecular formula is C16H18F2N4O. The molecule has 0 aliphatic heterocycles. The van der Waals surface area contributed by atoms with Crippen molar-refractivity contribution < 1.29 is 13.6 Å². The topological polar surface area (TPSA) is 58.1 Å². The van der Waals surface area contributed by atoms with Gasteiger partial charge in [0.15, 0.2) is 11.6 Å². The maximum atomic E-state index is 13.2. The van der Waals surface area contributed by atoms with Crippen LogP contribution >= 0.6 is 0 Å². The van der Waals surface area contributed by atoms with E-state index in [1.807, 2.05) is 18.7 Å². The van der Waals surface area contributed by atoms with E-state index in [1.54, 1.807) is 13.0 Å². The van der Waals surface area contributed by atoms with Crippen LogP contribution in [0.5, 0.6) is 0 Å². The number of nitrogens with zero attached hydrogens (tertiary/aromatic N) is 3. The number of aryl methyl sites for hydroxylation is 1. The van der Waals surface area contributed by atoms with E-state index in [0.29, 0.717) is 24.7 Å². The highest BCUT2D eigenvalue weighted by Crippen LogP contribution is 2.15. The number of hydrogen-bond acceptors (Lipinski definition) is 4. The minimum absolute atomic E-state index is 0.162. The Balaban J connectivity index is 2.26. The van der Waals surface area contributed by atoms with E-state index < -0.39 is 17.5 Å². The van der Waals surface area contributed by atoms with Crippen molar-refractivity contribution in [1.82, 2.24) is 9.97 Å². The molecule has 0 unspecified atom stereocenters. The zero-order valence-corrected chi connectivity index (χ0v) is 13.2. The summed E-state index contributed by atoms with van der Waals surface area (Å²) < 4.78 is 26.1. The first-order valence-electron chi connectivity index (χ1n) is 7.31. The second-order valence-corrected chi connectivity index (χ2v) is 4.95. The third kappa shape index (κ3) is 4.00. The van der Waals surface area contributed by atoms with Crippen molar-refractivity contribution in [3.63, 3.8) is 0 Å². The molecule has 0 atom stereocenters. The molecule has 1 aromatic carbocycles. The van der Waals surface area contributed by atoms with E-state index in [4.69, 9.17) is 0 Å². The van der Waals surface area contributed by atoms with Crippen LogP contribution < -0.4 is 10.2 Å². The van der Waals surface area contributed by atoms with Gasteiger partial charge in [0, 0.05) is 30.5 Å². The highest BCUT2D eigenvalue weighted by atomic mass is 19.2. The Labute approximate surface area is 133 Å². The van der Waals surface area contributed by atoms with Crippen molar-refractivity contribution >= 4 is 17.5 Å². The fourth-order valence-corrected chi connectivity index (χ4v) is 2.09. The molecule has 0 radical (unpaired) electrons.